The molecule has 2 aromatic rings. The highest BCUT2D eigenvalue weighted by atomic mass is 79.9. The first-order valence-corrected chi connectivity index (χ1v) is 6.22. The number of halogens is 2. The minimum atomic E-state index is -0.532. The van der Waals surface area contributed by atoms with Gasteiger partial charge in [-0.15, -0.1) is 0 Å². The van der Waals surface area contributed by atoms with E-state index in [1.54, 1.807) is 0 Å². The van der Waals surface area contributed by atoms with Gasteiger partial charge in [0.05, 0.1) is 12.4 Å². The van der Waals surface area contributed by atoms with Gasteiger partial charge in [0.25, 0.3) is 0 Å². The van der Waals surface area contributed by atoms with Crippen molar-refractivity contribution in [2.75, 3.05) is 0 Å². The summed E-state index contributed by atoms with van der Waals surface area (Å²) in [5.74, 6) is -0.532. The van der Waals surface area contributed by atoms with Gasteiger partial charge in [0, 0.05) is 10.0 Å². The van der Waals surface area contributed by atoms with E-state index in [-0.39, 0.29) is 17.5 Å². The summed E-state index contributed by atoms with van der Waals surface area (Å²) < 4.78 is 6.01. The molecule has 1 aromatic heterocycles. The van der Waals surface area contributed by atoms with Crippen molar-refractivity contribution >= 4 is 33.5 Å². The largest absolute Gasteiger partial charge is 0.456 e. The van der Waals surface area contributed by atoms with E-state index in [1.165, 1.54) is 12.4 Å². The highest BCUT2D eigenvalue weighted by Gasteiger charge is 2.10. The average Bonchev–Trinajstić information content (AvgIpc) is 2.38. The lowest BCUT2D eigenvalue weighted by Crippen LogP contribution is -2.08. The Balaban J connectivity index is 2.01. The third kappa shape index (κ3) is 3.27. The van der Waals surface area contributed by atoms with Crippen LogP contribution in [0.3, 0.4) is 0 Å². The van der Waals surface area contributed by atoms with Crippen molar-refractivity contribution in [3.63, 3.8) is 0 Å². The first kappa shape index (κ1) is 13.0. The fraction of sp³-hybridized carbons (Fsp3) is 0.0833. The van der Waals surface area contributed by atoms with Crippen LogP contribution in [0.4, 0.5) is 0 Å². The Morgan fingerprint density at radius 2 is 2.06 bits per heavy atom. The number of aromatic nitrogens is 2. The highest BCUT2D eigenvalue weighted by Crippen LogP contribution is 2.17. The van der Waals surface area contributed by atoms with Crippen LogP contribution in [0.5, 0.6) is 0 Å². The number of rotatable bonds is 3. The van der Waals surface area contributed by atoms with Crippen LogP contribution in [0.15, 0.2) is 41.1 Å². The van der Waals surface area contributed by atoms with Crippen LogP contribution >= 0.6 is 27.5 Å². The summed E-state index contributed by atoms with van der Waals surface area (Å²) in [6.45, 7) is 0.171. The van der Waals surface area contributed by atoms with Crippen molar-refractivity contribution in [1.82, 2.24) is 9.97 Å². The van der Waals surface area contributed by atoms with Gasteiger partial charge in [0.15, 0.2) is 5.69 Å². The second-order valence-electron chi connectivity index (χ2n) is 3.39. The van der Waals surface area contributed by atoms with Gasteiger partial charge in [-0.2, -0.15) is 0 Å². The van der Waals surface area contributed by atoms with Gasteiger partial charge in [-0.1, -0.05) is 45.7 Å². The number of carbonyl (C=O) groups excluding carboxylic acids is 1. The SMILES string of the molecule is O=C(OCc1ccccc1Br)c1cnc(Cl)cn1. The van der Waals surface area contributed by atoms with Gasteiger partial charge >= 0.3 is 5.97 Å². The van der Waals surface area contributed by atoms with Crippen molar-refractivity contribution in [3.8, 4) is 0 Å². The minimum absolute atomic E-state index is 0.131. The Morgan fingerprint density at radius 1 is 1.28 bits per heavy atom. The molecular weight excluding hydrogens is 320 g/mol. The Bertz CT molecular complexity index is 560. The lowest BCUT2D eigenvalue weighted by Gasteiger charge is -2.05. The van der Waals surface area contributed by atoms with E-state index < -0.39 is 5.97 Å². The molecule has 1 aromatic carbocycles. The predicted molar refractivity (Wildman–Crippen MR) is 70.3 cm³/mol. The first-order valence-electron chi connectivity index (χ1n) is 5.05. The summed E-state index contributed by atoms with van der Waals surface area (Å²) >= 11 is 8.95. The molecule has 0 amide bonds. The average molecular weight is 328 g/mol. The van der Waals surface area contributed by atoms with E-state index in [0.717, 1.165) is 10.0 Å². The molecule has 0 unspecified atom stereocenters. The van der Waals surface area contributed by atoms with E-state index in [4.69, 9.17) is 16.3 Å². The summed E-state index contributed by atoms with van der Waals surface area (Å²) in [5, 5.41) is 0.234. The molecule has 0 saturated heterocycles. The molecule has 2 rings (SSSR count). The number of esters is 1. The molecule has 18 heavy (non-hydrogen) atoms. The number of nitrogens with zero attached hydrogens (tertiary/aromatic N) is 2. The number of carbonyl (C=O) groups is 1. The lowest BCUT2D eigenvalue weighted by atomic mass is 10.2. The lowest BCUT2D eigenvalue weighted by molar-refractivity contribution is 0.0464. The maximum atomic E-state index is 11.7. The zero-order valence-electron chi connectivity index (χ0n) is 9.14. The van der Waals surface area contributed by atoms with E-state index in [9.17, 15) is 4.79 Å². The fourth-order valence-electron chi connectivity index (χ4n) is 1.25. The van der Waals surface area contributed by atoms with E-state index in [0.29, 0.717) is 0 Å². The summed E-state index contributed by atoms with van der Waals surface area (Å²) in [6.07, 6.45) is 2.58. The molecule has 1 heterocycles. The molecule has 0 aliphatic carbocycles. The Labute approximate surface area is 117 Å². The van der Waals surface area contributed by atoms with Crippen LogP contribution in [0.2, 0.25) is 5.15 Å². The fourth-order valence-corrected chi connectivity index (χ4v) is 1.75. The molecule has 0 N–H and O–H groups in total. The monoisotopic (exact) mass is 326 g/mol. The second-order valence-corrected chi connectivity index (χ2v) is 4.63. The molecular formula is C12H8BrClN2O2. The summed E-state index contributed by atoms with van der Waals surface area (Å²) in [6, 6.07) is 7.51. The van der Waals surface area contributed by atoms with Gasteiger partial charge in [-0.05, 0) is 6.07 Å². The number of ether oxygens (including phenoxy) is 1. The third-order valence-electron chi connectivity index (χ3n) is 2.15. The van der Waals surface area contributed by atoms with Crippen molar-refractivity contribution in [1.29, 1.82) is 0 Å². The maximum Gasteiger partial charge on any atom is 0.358 e. The highest BCUT2D eigenvalue weighted by molar-refractivity contribution is 9.10. The minimum Gasteiger partial charge on any atom is -0.456 e. The van der Waals surface area contributed by atoms with Crippen molar-refractivity contribution in [3.05, 3.63) is 57.5 Å². The third-order valence-corrected chi connectivity index (χ3v) is 3.11. The second kappa shape index (κ2) is 5.93. The molecule has 0 radical (unpaired) electrons. The molecule has 92 valence electrons. The van der Waals surface area contributed by atoms with Crippen LogP contribution in [-0.4, -0.2) is 15.9 Å². The van der Waals surface area contributed by atoms with Gasteiger partial charge < -0.3 is 4.74 Å². The molecule has 0 saturated carbocycles. The van der Waals surface area contributed by atoms with E-state index in [1.807, 2.05) is 24.3 Å². The number of benzene rings is 1. The summed E-state index contributed by atoms with van der Waals surface area (Å²) in [7, 11) is 0. The number of hydrogen-bond acceptors (Lipinski definition) is 4. The Morgan fingerprint density at radius 3 is 2.72 bits per heavy atom. The molecule has 0 fully saturated rings. The van der Waals surface area contributed by atoms with Crippen LogP contribution < -0.4 is 0 Å². The van der Waals surface area contributed by atoms with Gasteiger partial charge in [-0.3, -0.25) is 0 Å². The first-order chi connectivity index (χ1) is 8.66. The van der Waals surface area contributed by atoms with E-state index in [2.05, 4.69) is 25.9 Å². The van der Waals surface area contributed by atoms with Gasteiger partial charge in [0.2, 0.25) is 0 Å². The Hall–Kier alpha value is -1.46. The molecule has 0 atom stereocenters. The van der Waals surface area contributed by atoms with Gasteiger partial charge in [0.1, 0.15) is 11.8 Å². The summed E-state index contributed by atoms with van der Waals surface area (Å²) in [5.41, 5.74) is 1.01. The van der Waals surface area contributed by atoms with Crippen molar-refractivity contribution in [2.45, 2.75) is 6.61 Å². The molecule has 0 spiro atoms. The number of hydrogen-bond donors (Lipinski definition) is 0. The van der Waals surface area contributed by atoms with Crippen LogP contribution in [-0.2, 0) is 11.3 Å². The smallest absolute Gasteiger partial charge is 0.358 e. The zero-order valence-corrected chi connectivity index (χ0v) is 11.5. The zero-order chi connectivity index (χ0) is 13.0. The molecule has 6 heteroatoms. The predicted octanol–water partition coefficient (Wildman–Crippen LogP) is 3.25. The summed E-state index contributed by atoms with van der Waals surface area (Å²) in [4.78, 5) is 19.3. The quantitative estimate of drug-likeness (QED) is 0.812. The van der Waals surface area contributed by atoms with E-state index >= 15 is 0 Å². The topological polar surface area (TPSA) is 52.1 Å². The van der Waals surface area contributed by atoms with Crippen LogP contribution in [0, 0.1) is 0 Å². The van der Waals surface area contributed by atoms with Crippen molar-refractivity contribution in [2.24, 2.45) is 0 Å². The van der Waals surface area contributed by atoms with Gasteiger partial charge in [-0.25, -0.2) is 14.8 Å². The molecule has 0 aliphatic rings. The maximum absolute atomic E-state index is 11.7. The van der Waals surface area contributed by atoms with Crippen LogP contribution in [0.25, 0.3) is 0 Å². The molecule has 4 nitrogen and oxygen atoms in total. The van der Waals surface area contributed by atoms with Crippen molar-refractivity contribution < 1.29 is 9.53 Å². The molecule has 0 bridgehead atoms. The van der Waals surface area contributed by atoms with Crippen LogP contribution in [0.1, 0.15) is 16.1 Å². The normalized spacial score (nSPS) is 10.1. The molecule has 0 aliphatic heterocycles. The standard InChI is InChI=1S/C12H8BrClN2O2/c13-9-4-2-1-3-8(9)7-18-12(17)10-5-16-11(14)6-15-10/h1-6H,7H2. The Kier molecular flexibility index (Phi) is 4.28.